The maximum atomic E-state index is 11.6. The average molecular weight is 327 g/mol. The molecule has 0 saturated carbocycles. The SMILES string of the molecule is C/C=C/C(O[Si](C)(C)C(C)(C)C)C(C)(C)/C=C/C(=O)OCC. The topological polar surface area (TPSA) is 35.5 Å². The Morgan fingerprint density at radius 3 is 2.14 bits per heavy atom. The van der Waals surface area contributed by atoms with Crippen molar-refractivity contribution >= 4 is 14.3 Å². The number of hydrogen-bond acceptors (Lipinski definition) is 3. The summed E-state index contributed by atoms with van der Waals surface area (Å²) in [6, 6.07) is 0. The Hall–Kier alpha value is -0.873. The van der Waals surface area contributed by atoms with Crippen LogP contribution in [0.5, 0.6) is 0 Å². The maximum Gasteiger partial charge on any atom is 0.330 e. The molecular formula is C18H34O3Si. The molecule has 0 radical (unpaired) electrons. The highest BCUT2D eigenvalue weighted by Gasteiger charge is 2.41. The van der Waals surface area contributed by atoms with E-state index >= 15 is 0 Å². The number of hydrogen-bond donors (Lipinski definition) is 0. The van der Waals surface area contributed by atoms with Gasteiger partial charge >= 0.3 is 5.97 Å². The largest absolute Gasteiger partial charge is 0.463 e. The normalized spacial score (nSPS) is 15.5. The van der Waals surface area contributed by atoms with Gasteiger partial charge in [-0.25, -0.2) is 4.79 Å². The quantitative estimate of drug-likeness (QED) is 0.283. The molecule has 0 aliphatic rings. The van der Waals surface area contributed by atoms with Crippen LogP contribution in [0.2, 0.25) is 18.1 Å². The van der Waals surface area contributed by atoms with Gasteiger partial charge in [0.25, 0.3) is 0 Å². The van der Waals surface area contributed by atoms with Crippen LogP contribution in [-0.2, 0) is 14.0 Å². The molecule has 0 fully saturated rings. The first-order valence-corrected chi connectivity index (χ1v) is 10.9. The van der Waals surface area contributed by atoms with Crippen molar-refractivity contribution in [1.82, 2.24) is 0 Å². The predicted molar refractivity (Wildman–Crippen MR) is 96.4 cm³/mol. The molecule has 1 atom stereocenters. The van der Waals surface area contributed by atoms with Crippen molar-refractivity contribution in [1.29, 1.82) is 0 Å². The smallest absolute Gasteiger partial charge is 0.330 e. The molecule has 0 N–H and O–H groups in total. The molecule has 0 aromatic heterocycles. The highest BCUT2D eigenvalue weighted by atomic mass is 28.4. The van der Waals surface area contributed by atoms with Crippen LogP contribution in [0.25, 0.3) is 0 Å². The first-order chi connectivity index (χ1) is 9.87. The zero-order valence-electron chi connectivity index (χ0n) is 15.8. The van der Waals surface area contributed by atoms with Gasteiger partial charge in [-0.1, -0.05) is 52.8 Å². The lowest BCUT2D eigenvalue weighted by molar-refractivity contribution is -0.137. The lowest BCUT2D eigenvalue weighted by Crippen LogP contribution is -2.47. The number of rotatable bonds is 7. The third-order valence-electron chi connectivity index (χ3n) is 4.26. The Morgan fingerprint density at radius 1 is 1.18 bits per heavy atom. The standard InChI is InChI=1S/C18H34O3Si/c1-10-12-15(21-22(8,9)17(3,4)5)18(6,7)14-13-16(19)20-11-2/h10,12-15H,11H2,1-9H3/b12-10+,14-13+. The highest BCUT2D eigenvalue weighted by molar-refractivity contribution is 6.74. The molecule has 128 valence electrons. The van der Waals surface area contributed by atoms with Crippen molar-refractivity contribution in [3.8, 4) is 0 Å². The van der Waals surface area contributed by atoms with E-state index in [-0.39, 0.29) is 22.5 Å². The van der Waals surface area contributed by atoms with Crippen LogP contribution in [0.4, 0.5) is 0 Å². The summed E-state index contributed by atoms with van der Waals surface area (Å²) in [5, 5.41) is 0.147. The number of esters is 1. The van der Waals surface area contributed by atoms with E-state index in [0.717, 1.165) is 0 Å². The second-order valence-electron chi connectivity index (χ2n) is 7.73. The summed E-state index contributed by atoms with van der Waals surface area (Å²) in [7, 11) is -1.89. The molecule has 0 rings (SSSR count). The van der Waals surface area contributed by atoms with Gasteiger partial charge in [-0.15, -0.1) is 0 Å². The van der Waals surface area contributed by atoms with E-state index in [2.05, 4.69) is 53.8 Å². The molecule has 0 aromatic carbocycles. The average Bonchev–Trinajstić information content (AvgIpc) is 2.35. The van der Waals surface area contributed by atoms with E-state index in [1.807, 2.05) is 19.1 Å². The van der Waals surface area contributed by atoms with Crippen LogP contribution in [0, 0.1) is 5.41 Å². The van der Waals surface area contributed by atoms with Gasteiger partial charge in [0.2, 0.25) is 0 Å². The van der Waals surface area contributed by atoms with Crippen LogP contribution in [0.3, 0.4) is 0 Å². The van der Waals surface area contributed by atoms with Crippen molar-refractivity contribution in [2.24, 2.45) is 5.41 Å². The van der Waals surface area contributed by atoms with E-state index in [0.29, 0.717) is 6.61 Å². The molecule has 0 heterocycles. The van der Waals surface area contributed by atoms with E-state index in [1.54, 1.807) is 6.92 Å². The fourth-order valence-corrected chi connectivity index (χ4v) is 3.05. The molecule has 0 aromatic rings. The molecule has 0 amide bonds. The molecule has 0 aliphatic heterocycles. The van der Waals surface area contributed by atoms with Gasteiger partial charge in [0.15, 0.2) is 8.32 Å². The van der Waals surface area contributed by atoms with Gasteiger partial charge in [-0.3, -0.25) is 0 Å². The second kappa shape index (κ2) is 8.11. The third-order valence-corrected chi connectivity index (χ3v) is 8.72. The summed E-state index contributed by atoms with van der Waals surface area (Å²) in [4.78, 5) is 11.6. The fourth-order valence-electron chi connectivity index (χ4n) is 1.68. The third kappa shape index (κ3) is 6.49. The summed E-state index contributed by atoms with van der Waals surface area (Å²) in [6.07, 6.45) is 7.43. The summed E-state index contributed by atoms with van der Waals surface area (Å²) >= 11 is 0. The second-order valence-corrected chi connectivity index (χ2v) is 12.5. The lowest BCUT2D eigenvalue weighted by atomic mass is 9.86. The summed E-state index contributed by atoms with van der Waals surface area (Å²) in [6.45, 7) is 19.5. The Kier molecular flexibility index (Phi) is 7.79. The van der Waals surface area contributed by atoms with Crippen molar-refractivity contribution in [3.05, 3.63) is 24.3 Å². The minimum atomic E-state index is -1.89. The van der Waals surface area contributed by atoms with E-state index in [9.17, 15) is 4.79 Å². The monoisotopic (exact) mass is 326 g/mol. The van der Waals surface area contributed by atoms with E-state index in [1.165, 1.54) is 6.08 Å². The minimum Gasteiger partial charge on any atom is -0.463 e. The van der Waals surface area contributed by atoms with E-state index in [4.69, 9.17) is 9.16 Å². The summed E-state index contributed by atoms with van der Waals surface area (Å²) in [5.41, 5.74) is -0.283. The maximum absolute atomic E-state index is 11.6. The number of allylic oxidation sites excluding steroid dienone is 1. The molecule has 4 heteroatoms. The van der Waals surface area contributed by atoms with Gasteiger partial charge in [0, 0.05) is 11.5 Å². The van der Waals surface area contributed by atoms with Gasteiger partial charge in [0.1, 0.15) is 0 Å². The Morgan fingerprint density at radius 2 is 1.73 bits per heavy atom. The van der Waals surface area contributed by atoms with Gasteiger partial charge < -0.3 is 9.16 Å². The van der Waals surface area contributed by atoms with Crippen molar-refractivity contribution in [3.63, 3.8) is 0 Å². The minimum absolute atomic E-state index is 0.0657. The Bertz CT molecular complexity index is 415. The van der Waals surface area contributed by atoms with Crippen LogP contribution in [0.15, 0.2) is 24.3 Å². The molecule has 0 bridgehead atoms. The molecule has 0 aliphatic carbocycles. The van der Waals surface area contributed by atoms with Crippen molar-refractivity contribution in [2.45, 2.75) is 72.7 Å². The number of carbonyl (C=O) groups excluding carboxylic acids is 1. The summed E-state index contributed by atoms with van der Waals surface area (Å²) in [5.74, 6) is -0.304. The van der Waals surface area contributed by atoms with Crippen LogP contribution in [-0.4, -0.2) is 27.0 Å². The number of carbonyl (C=O) groups is 1. The van der Waals surface area contributed by atoms with Gasteiger partial charge in [0.05, 0.1) is 12.7 Å². The van der Waals surface area contributed by atoms with Crippen LogP contribution in [0.1, 0.15) is 48.5 Å². The lowest BCUT2D eigenvalue weighted by Gasteiger charge is -2.42. The Balaban J connectivity index is 5.27. The molecule has 22 heavy (non-hydrogen) atoms. The summed E-state index contributed by atoms with van der Waals surface area (Å²) < 4.78 is 11.5. The predicted octanol–water partition coefficient (Wildman–Crippen LogP) is 5.10. The van der Waals surface area contributed by atoms with Gasteiger partial charge in [-0.05, 0) is 32.0 Å². The molecule has 3 nitrogen and oxygen atoms in total. The van der Waals surface area contributed by atoms with Crippen LogP contribution < -0.4 is 0 Å². The van der Waals surface area contributed by atoms with Crippen molar-refractivity contribution < 1.29 is 14.0 Å². The molecule has 1 unspecified atom stereocenters. The zero-order chi connectivity index (χ0) is 17.6. The van der Waals surface area contributed by atoms with Crippen molar-refractivity contribution in [2.75, 3.05) is 6.61 Å². The molecule has 0 saturated heterocycles. The number of ether oxygens (including phenoxy) is 1. The zero-order valence-corrected chi connectivity index (χ0v) is 16.8. The fraction of sp³-hybridized carbons (Fsp3) is 0.722. The van der Waals surface area contributed by atoms with Gasteiger partial charge in [-0.2, -0.15) is 0 Å². The first kappa shape index (κ1) is 21.1. The first-order valence-electron chi connectivity index (χ1n) is 8.04. The molecule has 0 spiro atoms. The highest BCUT2D eigenvalue weighted by Crippen LogP contribution is 2.40. The van der Waals surface area contributed by atoms with E-state index < -0.39 is 8.32 Å². The Labute approximate surface area is 137 Å². The molecular weight excluding hydrogens is 292 g/mol. The van der Waals surface area contributed by atoms with Crippen LogP contribution >= 0.6 is 0 Å².